The second-order valence-corrected chi connectivity index (χ2v) is 3.62. The van der Waals surface area contributed by atoms with Crippen molar-refractivity contribution in [3.63, 3.8) is 0 Å². The van der Waals surface area contributed by atoms with Crippen molar-refractivity contribution >= 4 is 5.57 Å². The maximum atomic E-state index is 9.56. The first-order chi connectivity index (χ1) is 5.95. The van der Waals surface area contributed by atoms with E-state index in [0.717, 1.165) is 22.3 Å². The third kappa shape index (κ3) is 1.59. The van der Waals surface area contributed by atoms with Gasteiger partial charge in [-0.3, -0.25) is 0 Å². The summed E-state index contributed by atoms with van der Waals surface area (Å²) < 4.78 is 0. The van der Waals surface area contributed by atoms with E-state index in [4.69, 9.17) is 0 Å². The molecule has 0 saturated carbocycles. The van der Waals surface area contributed by atoms with Crippen LogP contribution in [0.1, 0.15) is 29.2 Å². The molecular formula is C12H16O. The molecule has 0 atom stereocenters. The van der Waals surface area contributed by atoms with Gasteiger partial charge in [-0.15, -0.1) is 0 Å². The molecule has 1 aromatic carbocycles. The van der Waals surface area contributed by atoms with Crippen molar-refractivity contribution in [1.82, 2.24) is 0 Å². The third-order valence-corrected chi connectivity index (χ3v) is 2.50. The predicted molar refractivity (Wildman–Crippen MR) is 57.0 cm³/mol. The molecule has 1 rings (SSSR count). The fourth-order valence-electron chi connectivity index (χ4n) is 1.72. The first-order valence-electron chi connectivity index (χ1n) is 4.40. The summed E-state index contributed by atoms with van der Waals surface area (Å²) in [4.78, 5) is 0. The van der Waals surface area contributed by atoms with Crippen molar-refractivity contribution < 1.29 is 5.11 Å². The Labute approximate surface area is 79.7 Å². The van der Waals surface area contributed by atoms with E-state index in [-0.39, 0.29) is 0 Å². The molecule has 0 unspecified atom stereocenters. The minimum absolute atomic E-state index is 0.375. The van der Waals surface area contributed by atoms with Gasteiger partial charge in [0, 0.05) is 0 Å². The van der Waals surface area contributed by atoms with Crippen molar-refractivity contribution in [2.45, 2.75) is 27.7 Å². The van der Waals surface area contributed by atoms with E-state index >= 15 is 0 Å². The lowest BCUT2D eigenvalue weighted by molar-refractivity contribution is 0.470. The second kappa shape index (κ2) is 3.25. The highest BCUT2D eigenvalue weighted by Crippen LogP contribution is 2.30. The summed E-state index contributed by atoms with van der Waals surface area (Å²) in [6, 6.07) is 1.80. The van der Waals surface area contributed by atoms with Crippen LogP contribution in [0, 0.1) is 20.8 Å². The van der Waals surface area contributed by atoms with Gasteiger partial charge in [0.1, 0.15) is 5.75 Å². The van der Waals surface area contributed by atoms with Crippen LogP contribution in [0.4, 0.5) is 0 Å². The van der Waals surface area contributed by atoms with E-state index in [1.54, 1.807) is 6.07 Å². The Balaban J connectivity index is 3.53. The highest BCUT2D eigenvalue weighted by Gasteiger charge is 2.09. The summed E-state index contributed by atoms with van der Waals surface area (Å²) in [5.74, 6) is 0.375. The van der Waals surface area contributed by atoms with Gasteiger partial charge in [0.25, 0.3) is 0 Å². The largest absolute Gasteiger partial charge is 0.508 e. The average molecular weight is 176 g/mol. The molecule has 13 heavy (non-hydrogen) atoms. The van der Waals surface area contributed by atoms with Crippen molar-refractivity contribution in [3.05, 3.63) is 34.9 Å². The molecule has 0 aromatic heterocycles. The second-order valence-electron chi connectivity index (χ2n) is 3.62. The Kier molecular flexibility index (Phi) is 2.46. The van der Waals surface area contributed by atoms with Crippen molar-refractivity contribution in [1.29, 1.82) is 0 Å². The van der Waals surface area contributed by atoms with Crippen molar-refractivity contribution in [2.24, 2.45) is 0 Å². The predicted octanol–water partition coefficient (Wildman–Crippen LogP) is 3.35. The molecule has 0 spiro atoms. The van der Waals surface area contributed by atoms with Crippen molar-refractivity contribution in [2.75, 3.05) is 0 Å². The number of aromatic hydroxyl groups is 1. The van der Waals surface area contributed by atoms with Gasteiger partial charge in [-0.25, -0.2) is 0 Å². The molecule has 0 fully saturated rings. The summed E-state index contributed by atoms with van der Waals surface area (Å²) >= 11 is 0. The van der Waals surface area contributed by atoms with Crippen LogP contribution < -0.4 is 0 Å². The fourth-order valence-corrected chi connectivity index (χ4v) is 1.72. The molecule has 1 N–H and O–H groups in total. The average Bonchev–Trinajstić information content (AvgIpc) is 1.99. The third-order valence-electron chi connectivity index (χ3n) is 2.50. The summed E-state index contributed by atoms with van der Waals surface area (Å²) in [7, 11) is 0. The SMILES string of the molecule is C=C(C)c1c(C)cc(O)c(C)c1C. The molecule has 1 heteroatoms. The zero-order valence-electron chi connectivity index (χ0n) is 8.73. The van der Waals surface area contributed by atoms with E-state index in [2.05, 4.69) is 6.58 Å². The molecule has 0 aliphatic carbocycles. The number of hydrogen-bond donors (Lipinski definition) is 1. The van der Waals surface area contributed by atoms with Crippen LogP contribution >= 0.6 is 0 Å². The van der Waals surface area contributed by atoms with Gasteiger partial charge in [0.05, 0.1) is 0 Å². The normalized spacial score (nSPS) is 10.2. The Hall–Kier alpha value is -1.24. The number of hydrogen-bond acceptors (Lipinski definition) is 1. The Morgan fingerprint density at radius 2 is 1.77 bits per heavy atom. The Morgan fingerprint density at radius 3 is 2.23 bits per heavy atom. The number of benzene rings is 1. The quantitative estimate of drug-likeness (QED) is 0.695. The molecule has 0 amide bonds. The standard InChI is InChI=1S/C12H16O/c1-7(2)12-8(3)6-11(13)9(4)10(12)5/h6,13H,1H2,2-5H3. The topological polar surface area (TPSA) is 20.2 Å². The van der Waals surface area contributed by atoms with Crippen LogP contribution in [0.25, 0.3) is 5.57 Å². The minimum Gasteiger partial charge on any atom is -0.508 e. The van der Waals surface area contributed by atoms with E-state index in [1.165, 1.54) is 5.56 Å². The summed E-state index contributed by atoms with van der Waals surface area (Å²) in [5, 5.41) is 9.56. The van der Waals surface area contributed by atoms with Crippen LogP contribution in [0.3, 0.4) is 0 Å². The van der Waals surface area contributed by atoms with E-state index in [0.29, 0.717) is 5.75 Å². The summed E-state index contributed by atoms with van der Waals surface area (Å²) in [5.41, 5.74) is 5.40. The van der Waals surface area contributed by atoms with Crippen LogP contribution in [0.2, 0.25) is 0 Å². The molecule has 0 saturated heterocycles. The van der Waals surface area contributed by atoms with Gasteiger partial charge >= 0.3 is 0 Å². The van der Waals surface area contributed by atoms with Crippen LogP contribution in [0.15, 0.2) is 12.6 Å². The molecule has 0 aliphatic rings. The maximum absolute atomic E-state index is 9.56. The Bertz CT molecular complexity index is 362. The fraction of sp³-hybridized carbons (Fsp3) is 0.333. The number of phenols is 1. The highest BCUT2D eigenvalue weighted by atomic mass is 16.3. The van der Waals surface area contributed by atoms with Crippen LogP contribution in [-0.2, 0) is 0 Å². The van der Waals surface area contributed by atoms with Gasteiger partial charge in [-0.05, 0) is 56.0 Å². The molecule has 0 radical (unpaired) electrons. The van der Waals surface area contributed by atoms with E-state index in [9.17, 15) is 5.11 Å². The Morgan fingerprint density at radius 1 is 1.23 bits per heavy atom. The van der Waals surface area contributed by atoms with Gasteiger partial charge in [0.15, 0.2) is 0 Å². The lowest BCUT2D eigenvalue weighted by Gasteiger charge is -2.13. The molecule has 0 aliphatic heterocycles. The first-order valence-corrected chi connectivity index (χ1v) is 4.40. The molecule has 1 aromatic rings. The summed E-state index contributed by atoms with van der Waals surface area (Å²) in [6.07, 6.45) is 0. The maximum Gasteiger partial charge on any atom is 0.119 e. The summed E-state index contributed by atoms with van der Waals surface area (Å²) in [6.45, 7) is 11.9. The molecular weight excluding hydrogens is 160 g/mol. The zero-order chi connectivity index (χ0) is 10.2. The number of allylic oxidation sites excluding steroid dienone is 1. The first kappa shape index (κ1) is 9.85. The number of phenolic OH excluding ortho intramolecular Hbond substituents is 1. The lowest BCUT2D eigenvalue weighted by Crippen LogP contribution is -1.93. The van der Waals surface area contributed by atoms with Gasteiger partial charge in [-0.1, -0.05) is 12.2 Å². The molecule has 0 heterocycles. The van der Waals surface area contributed by atoms with Crippen LogP contribution in [-0.4, -0.2) is 5.11 Å². The molecule has 70 valence electrons. The molecule has 0 bridgehead atoms. The zero-order valence-corrected chi connectivity index (χ0v) is 8.73. The number of rotatable bonds is 1. The lowest BCUT2D eigenvalue weighted by atomic mass is 9.93. The smallest absolute Gasteiger partial charge is 0.119 e. The van der Waals surface area contributed by atoms with Gasteiger partial charge in [0.2, 0.25) is 0 Å². The van der Waals surface area contributed by atoms with Gasteiger partial charge < -0.3 is 5.11 Å². The van der Waals surface area contributed by atoms with Crippen molar-refractivity contribution in [3.8, 4) is 5.75 Å². The highest BCUT2D eigenvalue weighted by molar-refractivity contribution is 5.70. The van der Waals surface area contributed by atoms with Crippen LogP contribution in [0.5, 0.6) is 5.75 Å². The van der Waals surface area contributed by atoms with E-state index in [1.807, 2.05) is 27.7 Å². The van der Waals surface area contributed by atoms with E-state index < -0.39 is 0 Å². The number of aryl methyl sites for hydroxylation is 1. The monoisotopic (exact) mass is 176 g/mol. The van der Waals surface area contributed by atoms with Gasteiger partial charge in [-0.2, -0.15) is 0 Å². The minimum atomic E-state index is 0.375. The molecule has 1 nitrogen and oxygen atoms in total.